The van der Waals surface area contributed by atoms with Gasteiger partial charge >= 0.3 is 0 Å². The Morgan fingerprint density at radius 3 is 2.26 bits per heavy atom. The second kappa shape index (κ2) is 5.02. The van der Waals surface area contributed by atoms with Crippen LogP contribution in [0, 0.1) is 0 Å². The molecule has 0 radical (unpaired) electrons. The van der Waals surface area contributed by atoms with Crippen LogP contribution in [0.5, 0.6) is 0 Å². The summed E-state index contributed by atoms with van der Waals surface area (Å²) in [7, 11) is 1.62. The predicted octanol–water partition coefficient (Wildman–Crippen LogP) is 1.51. The molecule has 1 aromatic carbocycles. The summed E-state index contributed by atoms with van der Waals surface area (Å²) in [4.78, 5) is 2.38. The van der Waals surface area contributed by atoms with E-state index in [1.54, 1.807) is 18.2 Å². The Morgan fingerprint density at radius 2 is 1.84 bits per heavy atom. The van der Waals surface area contributed by atoms with Crippen molar-refractivity contribution in [2.24, 2.45) is 0 Å². The van der Waals surface area contributed by atoms with E-state index < -0.39 is 10.0 Å². The zero-order valence-corrected chi connectivity index (χ0v) is 12.4. The zero-order valence-electron chi connectivity index (χ0n) is 11.6. The molecule has 0 unspecified atom stereocenters. The van der Waals surface area contributed by atoms with Gasteiger partial charge in [0.05, 0.1) is 16.3 Å². The van der Waals surface area contributed by atoms with Gasteiger partial charge in [0.25, 0.3) is 0 Å². The maximum absolute atomic E-state index is 12.0. The number of hydrogen-bond donors (Lipinski definition) is 1. The molecule has 6 heteroatoms. The van der Waals surface area contributed by atoms with E-state index in [1.807, 2.05) is 7.05 Å². The van der Waals surface area contributed by atoms with Crippen molar-refractivity contribution in [2.45, 2.75) is 30.2 Å². The Hall–Kier alpha value is -1.27. The molecule has 1 aliphatic carbocycles. The van der Waals surface area contributed by atoms with Crippen LogP contribution in [0.4, 0.5) is 11.4 Å². The summed E-state index contributed by atoms with van der Waals surface area (Å²) in [5.41, 5.74) is 7.43. The molecule has 106 valence electrons. The van der Waals surface area contributed by atoms with Gasteiger partial charge in [-0.25, -0.2) is 12.7 Å². The number of sulfonamides is 1. The molecule has 0 spiro atoms. The van der Waals surface area contributed by atoms with Crippen LogP contribution in [-0.4, -0.2) is 39.9 Å². The lowest BCUT2D eigenvalue weighted by atomic mass is 9.91. The average Bonchev–Trinajstić information content (AvgIpc) is 2.25. The second-order valence-corrected chi connectivity index (χ2v) is 7.36. The van der Waals surface area contributed by atoms with E-state index in [4.69, 9.17) is 5.73 Å². The maximum atomic E-state index is 12.0. The topological polar surface area (TPSA) is 66.6 Å². The number of nitrogens with zero attached hydrogens (tertiary/aromatic N) is 2. The smallest absolute Gasteiger partial charge is 0.242 e. The number of anilines is 2. The molecule has 1 aromatic rings. The fourth-order valence-corrected chi connectivity index (χ4v) is 3.13. The van der Waals surface area contributed by atoms with Gasteiger partial charge in [0.15, 0.2) is 0 Å². The third-order valence-corrected chi connectivity index (χ3v) is 5.59. The normalized spacial score (nSPS) is 16.4. The first-order valence-electron chi connectivity index (χ1n) is 6.39. The van der Waals surface area contributed by atoms with Gasteiger partial charge in [-0.3, -0.25) is 0 Å². The third-order valence-electron chi connectivity index (χ3n) is 3.78. The molecular weight excluding hydrogens is 262 g/mol. The quantitative estimate of drug-likeness (QED) is 0.851. The highest BCUT2D eigenvalue weighted by molar-refractivity contribution is 7.89. The van der Waals surface area contributed by atoms with Gasteiger partial charge in [0.1, 0.15) is 0 Å². The summed E-state index contributed by atoms with van der Waals surface area (Å²) in [6.07, 6.45) is 3.60. The van der Waals surface area contributed by atoms with E-state index >= 15 is 0 Å². The van der Waals surface area contributed by atoms with E-state index in [1.165, 1.54) is 37.7 Å². The molecule has 0 heterocycles. The van der Waals surface area contributed by atoms with Gasteiger partial charge < -0.3 is 10.6 Å². The molecule has 1 aliphatic rings. The molecule has 5 nitrogen and oxygen atoms in total. The van der Waals surface area contributed by atoms with Crippen LogP contribution in [0.15, 0.2) is 23.1 Å². The van der Waals surface area contributed by atoms with E-state index in [0.29, 0.717) is 11.7 Å². The lowest BCUT2D eigenvalue weighted by molar-refractivity contribution is 0.401. The number of nitrogens with two attached hydrogens (primary N) is 1. The van der Waals surface area contributed by atoms with Crippen molar-refractivity contribution in [2.75, 3.05) is 31.8 Å². The molecule has 0 saturated heterocycles. The first kappa shape index (κ1) is 14.1. The minimum atomic E-state index is -3.42. The first-order valence-corrected chi connectivity index (χ1v) is 7.83. The molecule has 0 bridgehead atoms. The Bertz CT molecular complexity index is 565. The zero-order chi connectivity index (χ0) is 14.2. The van der Waals surface area contributed by atoms with Crippen molar-refractivity contribution < 1.29 is 8.42 Å². The minimum absolute atomic E-state index is 0.237. The fourth-order valence-electron chi connectivity index (χ4n) is 2.20. The number of benzene rings is 1. The molecule has 2 N–H and O–H groups in total. The van der Waals surface area contributed by atoms with Crippen LogP contribution in [0.1, 0.15) is 19.3 Å². The molecule has 0 aliphatic heterocycles. The van der Waals surface area contributed by atoms with Gasteiger partial charge in [0, 0.05) is 27.2 Å². The summed E-state index contributed by atoms with van der Waals surface area (Å²) in [5, 5.41) is 0. The van der Waals surface area contributed by atoms with E-state index in [0.717, 1.165) is 5.69 Å². The van der Waals surface area contributed by atoms with E-state index in [-0.39, 0.29) is 4.90 Å². The molecular formula is C13H21N3O2S. The van der Waals surface area contributed by atoms with Crippen LogP contribution in [-0.2, 0) is 10.0 Å². The van der Waals surface area contributed by atoms with Gasteiger partial charge in [-0.2, -0.15) is 0 Å². The van der Waals surface area contributed by atoms with E-state index in [9.17, 15) is 8.42 Å². The highest BCUT2D eigenvalue weighted by Crippen LogP contribution is 2.33. The average molecular weight is 283 g/mol. The van der Waals surface area contributed by atoms with E-state index in [2.05, 4.69) is 4.90 Å². The Kier molecular flexibility index (Phi) is 3.73. The Morgan fingerprint density at radius 1 is 1.21 bits per heavy atom. The van der Waals surface area contributed by atoms with Crippen molar-refractivity contribution in [3.8, 4) is 0 Å². The highest BCUT2D eigenvalue weighted by Gasteiger charge is 2.24. The standard InChI is InChI=1S/C13H21N3O2S/c1-15(2)19(17,18)11-7-8-13(12(14)9-11)16(3)10-5-4-6-10/h7-10H,4-6,14H2,1-3H3. The van der Waals surface area contributed by atoms with Gasteiger partial charge in [0.2, 0.25) is 10.0 Å². The predicted molar refractivity (Wildman–Crippen MR) is 77.8 cm³/mol. The molecule has 1 fully saturated rings. The van der Waals surface area contributed by atoms with Crippen molar-refractivity contribution in [3.63, 3.8) is 0 Å². The summed E-state index contributed by atoms with van der Waals surface area (Å²) < 4.78 is 25.2. The fraction of sp³-hybridized carbons (Fsp3) is 0.538. The van der Waals surface area contributed by atoms with Crippen LogP contribution in [0.3, 0.4) is 0 Å². The lowest BCUT2D eigenvalue weighted by Crippen LogP contribution is -2.37. The van der Waals surface area contributed by atoms with Crippen molar-refractivity contribution in [1.82, 2.24) is 4.31 Å². The number of hydrogen-bond acceptors (Lipinski definition) is 4. The van der Waals surface area contributed by atoms with Gasteiger partial charge in [-0.15, -0.1) is 0 Å². The van der Waals surface area contributed by atoms with Gasteiger partial charge in [-0.05, 0) is 37.5 Å². The molecule has 1 saturated carbocycles. The monoisotopic (exact) mass is 283 g/mol. The Labute approximate surface area is 115 Å². The van der Waals surface area contributed by atoms with Crippen LogP contribution in [0.2, 0.25) is 0 Å². The van der Waals surface area contributed by atoms with Crippen molar-refractivity contribution >= 4 is 21.4 Å². The summed E-state index contributed by atoms with van der Waals surface area (Å²) in [6, 6.07) is 5.48. The molecule has 0 atom stereocenters. The second-order valence-electron chi connectivity index (χ2n) is 5.20. The molecule has 2 rings (SSSR count). The number of nitrogen functional groups attached to an aromatic ring is 1. The summed E-state index contributed by atoms with van der Waals surface area (Å²) >= 11 is 0. The number of rotatable bonds is 4. The summed E-state index contributed by atoms with van der Waals surface area (Å²) in [6.45, 7) is 0. The van der Waals surface area contributed by atoms with Gasteiger partial charge in [-0.1, -0.05) is 0 Å². The van der Waals surface area contributed by atoms with Crippen LogP contribution in [0.25, 0.3) is 0 Å². The van der Waals surface area contributed by atoms with Crippen molar-refractivity contribution in [3.05, 3.63) is 18.2 Å². The van der Waals surface area contributed by atoms with Crippen LogP contribution < -0.4 is 10.6 Å². The summed E-state index contributed by atoms with van der Waals surface area (Å²) in [5.74, 6) is 0. The molecule has 0 aromatic heterocycles. The minimum Gasteiger partial charge on any atom is -0.397 e. The van der Waals surface area contributed by atoms with Crippen LogP contribution >= 0.6 is 0 Å². The van der Waals surface area contributed by atoms with Crippen molar-refractivity contribution in [1.29, 1.82) is 0 Å². The third kappa shape index (κ3) is 2.55. The highest BCUT2D eigenvalue weighted by atomic mass is 32.2. The molecule has 0 amide bonds. The SMILES string of the molecule is CN(c1ccc(S(=O)(=O)N(C)C)cc1N)C1CCC1. The molecule has 19 heavy (non-hydrogen) atoms. The maximum Gasteiger partial charge on any atom is 0.242 e. The largest absolute Gasteiger partial charge is 0.397 e. The Balaban J connectivity index is 2.32. The first-order chi connectivity index (χ1) is 8.84. The lowest BCUT2D eigenvalue weighted by Gasteiger charge is -2.37.